The molecular weight excluding hydrogens is 322 g/mol. The highest BCUT2D eigenvalue weighted by Gasteiger charge is 2.42. The molecule has 2 aromatic carbocycles. The van der Waals surface area contributed by atoms with Crippen molar-refractivity contribution in [2.45, 2.75) is 39.0 Å². The van der Waals surface area contributed by atoms with E-state index in [9.17, 15) is 4.79 Å². The first kappa shape index (κ1) is 17.3. The van der Waals surface area contributed by atoms with Gasteiger partial charge in [-0.25, -0.2) is 0 Å². The molecule has 0 fully saturated rings. The van der Waals surface area contributed by atoms with E-state index in [2.05, 4.69) is 18.7 Å². The predicted molar refractivity (Wildman–Crippen MR) is 107 cm³/mol. The Morgan fingerprint density at radius 3 is 2.04 bits per heavy atom. The van der Waals surface area contributed by atoms with Crippen molar-refractivity contribution in [1.29, 1.82) is 0 Å². The fourth-order valence-electron chi connectivity index (χ4n) is 3.31. The summed E-state index contributed by atoms with van der Waals surface area (Å²) in [6.45, 7) is 6.92. The lowest BCUT2D eigenvalue weighted by Gasteiger charge is -2.33. The molecule has 26 heavy (non-hydrogen) atoms. The lowest BCUT2D eigenvalue weighted by molar-refractivity contribution is -0.149. The first-order valence-electron chi connectivity index (χ1n) is 10.6. The lowest BCUT2D eigenvalue weighted by Crippen LogP contribution is -2.40. The van der Waals surface area contributed by atoms with Crippen molar-refractivity contribution < 1.29 is 12.3 Å². The Morgan fingerprint density at radius 1 is 1.04 bits per heavy atom. The molecule has 3 nitrogen and oxygen atoms in total. The summed E-state index contributed by atoms with van der Waals surface area (Å²) in [7, 11) is 0. The zero-order valence-corrected chi connectivity index (χ0v) is 15.9. The average Bonchev–Trinajstić information content (AvgIpc) is 2.76. The Morgan fingerprint density at radius 2 is 1.58 bits per heavy atom. The number of benzene rings is 2. The summed E-state index contributed by atoms with van der Waals surface area (Å²) in [4.78, 5) is 15.7. The fourth-order valence-corrected chi connectivity index (χ4v) is 3.31. The van der Waals surface area contributed by atoms with E-state index in [0.717, 1.165) is 24.2 Å². The van der Waals surface area contributed by atoms with Crippen LogP contribution in [-0.4, -0.2) is 37.1 Å². The van der Waals surface area contributed by atoms with Gasteiger partial charge in [-0.1, -0.05) is 87.8 Å². The Bertz CT molecular complexity index is 666. The van der Waals surface area contributed by atoms with Crippen LogP contribution in [0.5, 0.6) is 0 Å². The van der Waals surface area contributed by atoms with E-state index in [4.69, 9.17) is 7.48 Å². The summed E-state index contributed by atoms with van der Waals surface area (Å²) in [5.41, 5.74) is 0.527. The van der Waals surface area contributed by atoms with Crippen LogP contribution >= 0.6 is 0 Å². The maximum atomic E-state index is 13.5. The van der Waals surface area contributed by atoms with Gasteiger partial charge in [-0.05, 0) is 30.6 Å². The van der Waals surface area contributed by atoms with Gasteiger partial charge < -0.3 is 9.64 Å². The van der Waals surface area contributed by atoms with Crippen molar-refractivity contribution in [2.24, 2.45) is 0 Å². The molecule has 0 saturated heterocycles. The van der Waals surface area contributed by atoms with E-state index in [1.165, 1.54) is 0 Å². The summed E-state index contributed by atoms with van der Waals surface area (Å²) in [6, 6.07) is 19.1. The minimum atomic E-state index is -1.08. The number of carbonyl (C=O) groups is 1. The molecule has 1 unspecified atom stereocenters. The summed E-state index contributed by atoms with van der Waals surface area (Å²) in [5.74, 6) is -0.345. The SMILES string of the molecule is [2H]CC([2H])CC(C(=O)OCCN(CC)CC)(c1ccccc1)c1ccccc1. The van der Waals surface area contributed by atoms with Crippen LogP contribution in [0.1, 0.15) is 47.4 Å². The van der Waals surface area contributed by atoms with E-state index < -0.39 is 11.8 Å². The third kappa shape index (κ3) is 4.53. The molecule has 3 heteroatoms. The molecule has 0 aliphatic rings. The van der Waals surface area contributed by atoms with Crippen LogP contribution < -0.4 is 0 Å². The molecule has 0 aromatic heterocycles. The minimum Gasteiger partial charge on any atom is -0.463 e. The Balaban J connectivity index is 2.42. The highest BCUT2D eigenvalue weighted by Crippen LogP contribution is 2.38. The highest BCUT2D eigenvalue weighted by molar-refractivity contribution is 5.87. The van der Waals surface area contributed by atoms with Gasteiger partial charge in [0.05, 0.1) is 0 Å². The Hall–Kier alpha value is -2.13. The molecule has 0 radical (unpaired) electrons. The van der Waals surface area contributed by atoms with Crippen molar-refractivity contribution >= 4 is 5.97 Å². The van der Waals surface area contributed by atoms with Crippen molar-refractivity contribution in [3.63, 3.8) is 0 Å². The number of hydrogen-bond donors (Lipinski definition) is 0. The molecule has 0 amide bonds. The first-order chi connectivity index (χ1) is 13.6. The summed E-state index contributed by atoms with van der Waals surface area (Å²) >= 11 is 0. The van der Waals surface area contributed by atoms with Crippen LogP contribution in [0.3, 0.4) is 0 Å². The molecule has 0 N–H and O–H groups in total. The second-order valence-electron chi connectivity index (χ2n) is 6.29. The van der Waals surface area contributed by atoms with Gasteiger partial charge in [-0.15, -0.1) is 0 Å². The molecule has 0 aliphatic heterocycles. The maximum Gasteiger partial charge on any atom is 0.321 e. The summed E-state index contributed by atoms with van der Waals surface area (Å²) in [6.07, 6.45) is -0.468. The van der Waals surface area contributed by atoms with E-state index in [0.29, 0.717) is 13.2 Å². The van der Waals surface area contributed by atoms with Gasteiger partial charge >= 0.3 is 5.97 Å². The van der Waals surface area contributed by atoms with Gasteiger partial charge in [0.2, 0.25) is 0 Å². The Labute approximate surface area is 160 Å². The van der Waals surface area contributed by atoms with Gasteiger partial charge in [-0.3, -0.25) is 4.79 Å². The van der Waals surface area contributed by atoms with Crippen molar-refractivity contribution in [3.8, 4) is 0 Å². The van der Waals surface area contributed by atoms with Crippen LogP contribution in [0.2, 0.25) is 0 Å². The second kappa shape index (κ2) is 10.1. The molecule has 0 heterocycles. The quantitative estimate of drug-likeness (QED) is 0.581. The second-order valence-corrected chi connectivity index (χ2v) is 6.29. The molecule has 2 rings (SSSR count). The standard InChI is InChI=1S/C23H31NO2/c1-4-17-23(20-13-9-7-10-14-20,21-15-11-8-12-16-21)22(25)26-19-18-24(5-2)6-3/h7-16H,4-6,17-19H2,1-3H3/i1D,4D. The number of ether oxygens (including phenoxy) is 1. The zero-order chi connectivity index (χ0) is 20.4. The number of nitrogens with zero attached hydrogens (tertiary/aromatic N) is 1. The van der Waals surface area contributed by atoms with Gasteiger partial charge in [0.1, 0.15) is 12.0 Å². The van der Waals surface area contributed by atoms with Gasteiger partial charge in [0.25, 0.3) is 0 Å². The number of esters is 1. The molecule has 0 bridgehead atoms. The molecule has 0 spiro atoms. The third-order valence-electron chi connectivity index (χ3n) is 4.87. The van der Waals surface area contributed by atoms with Crippen LogP contribution in [0, 0.1) is 0 Å². The van der Waals surface area contributed by atoms with Gasteiger partial charge in [0, 0.05) is 9.29 Å². The minimum absolute atomic E-state index is 0.0614. The highest BCUT2D eigenvalue weighted by atomic mass is 16.5. The number of likely N-dealkylation sites (N-methyl/N-ethyl adjacent to an activating group) is 1. The smallest absolute Gasteiger partial charge is 0.321 e. The molecule has 1 atom stereocenters. The topological polar surface area (TPSA) is 29.5 Å². The number of rotatable bonds is 10. The van der Waals surface area contributed by atoms with E-state index >= 15 is 0 Å². The number of hydrogen-bond acceptors (Lipinski definition) is 3. The molecule has 140 valence electrons. The summed E-state index contributed by atoms with van der Waals surface area (Å²) in [5, 5.41) is 0. The first-order valence-corrected chi connectivity index (χ1v) is 9.30. The monoisotopic (exact) mass is 355 g/mol. The van der Waals surface area contributed by atoms with Gasteiger partial charge in [0.15, 0.2) is 0 Å². The average molecular weight is 356 g/mol. The molecule has 0 aliphatic carbocycles. The van der Waals surface area contributed by atoms with E-state index in [1.807, 2.05) is 60.7 Å². The number of carbonyl (C=O) groups excluding carboxylic acids is 1. The van der Waals surface area contributed by atoms with E-state index in [1.54, 1.807) is 0 Å². The largest absolute Gasteiger partial charge is 0.463 e. The molecule has 2 aromatic rings. The van der Waals surface area contributed by atoms with Crippen molar-refractivity contribution in [3.05, 3.63) is 71.8 Å². The molecule has 0 saturated carbocycles. The maximum absolute atomic E-state index is 13.5. The van der Waals surface area contributed by atoms with Crippen molar-refractivity contribution in [1.82, 2.24) is 4.90 Å². The van der Waals surface area contributed by atoms with Crippen LogP contribution in [0.15, 0.2) is 60.7 Å². The third-order valence-corrected chi connectivity index (χ3v) is 4.87. The van der Waals surface area contributed by atoms with Crippen LogP contribution in [0.25, 0.3) is 0 Å². The Kier molecular flexibility index (Phi) is 6.73. The normalized spacial score (nSPS) is 13.8. The van der Waals surface area contributed by atoms with Crippen LogP contribution in [-0.2, 0) is 14.9 Å². The van der Waals surface area contributed by atoms with Crippen molar-refractivity contribution in [2.75, 3.05) is 26.2 Å². The molecular formula is C23H31NO2. The van der Waals surface area contributed by atoms with Crippen LogP contribution in [0.4, 0.5) is 0 Å². The van der Waals surface area contributed by atoms with Gasteiger partial charge in [-0.2, -0.15) is 0 Å². The zero-order valence-electron chi connectivity index (χ0n) is 17.9. The van der Waals surface area contributed by atoms with E-state index in [-0.39, 0.29) is 19.3 Å². The summed E-state index contributed by atoms with van der Waals surface area (Å²) < 4.78 is 21.7. The fraction of sp³-hybridized carbons (Fsp3) is 0.435. The lowest BCUT2D eigenvalue weighted by atomic mass is 9.71. The predicted octanol–water partition coefficient (Wildman–Crippen LogP) is 4.66.